The maximum Gasteiger partial charge on any atom is 0.294 e. The van der Waals surface area contributed by atoms with E-state index in [0.717, 1.165) is 16.7 Å². The van der Waals surface area contributed by atoms with Gasteiger partial charge in [-0.05, 0) is 35.5 Å². The van der Waals surface area contributed by atoms with Crippen LogP contribution in [0.15, 0.2) is 23.1 Å². The highest BCUT2D eigenvalue weighted by atomic mass is 32.2. The Morgan fingerprint density at radius 2 is 2.17 bits per heavy atom. The van der Waals surface area contributed by atoms with E-state index in [1.165, 1.54) is 13.2 Å². The topological polar surface area (TPSA) is 123 Å². The first-order chi connectivity index (χ1) is 11.5. The van der Waals surface area contributed by atoms with Crippen molar-refractivity contribution in [3.8, 4) is 17.6 Å². The number of benzene rings is 1. The van der Waals surface area contributed by atoms with Crippen molar-refractivity contribution in [2.75, 3.05) is 20.3 Å². The van der Waals surface area contributed by atoms with E-state index < -0.39 is 23.6 Å². The highest BCUT2D eigenvalue weighted by Crippen LogP contribution is 2.34. The molecule has 0 radical (unpaired) electrons. The lowest BCUT2D eigenvalue weighted by molar-refractivity contribution is -0.127. The van der Waals surface area contributed by atoms with Gasteiger partial charge in [0.15, 0.2) is 18.1 Å². The SMILES string of the molecule is COc1cc(/C=C2\SC(=O)N(CC(N)=O)C2=O)ccc1OCC#N. The van der Waals surface area contributed by atoms with Crippen LogP contribution in [0.4, 0.5) is 4.79 Å². The number of ether oxygens (including phenoxy) is 2. The number of primary amides is 1. The third kappa shape index (κ3) is 3.85. The lowest BCUT2D eigenvalue weighted by atomic mass is 10.2. The third-order valence-corrected chi connectivity index (χ3v) is 3.87. The summed E-state index contributed by atoms with van der Waals surface area (Å²) in [6.07, 6.45) is 1.50. The van der Waals surface area contributed by atoms with Gasteiger partial charge >= 0.3 is 0 Å². The van der Waals surface area contributed by atoms with Gasteiger partial charge in [-0.1, -0.05) is 6.07 Å². The van der Waals surface area contributed by atoms with Crippen LogP contribution in [0.3, 0.4) is 0 Å². The molecule has 1 aliphatic rings. The summed E-state index contributed by atoms with van der Waals surface area (Å²) in [6, 6.07) is 6.70. The van der Waals surface area contributed by atoms with Crippen LogP contribution < -0.4 is 15.2 Å². The average molecular weight is 347 g/mol. The molecule has 1 aromatic rings. The first-order valence-electron chi connectivity index (χ1n) is 6.67. The van der Waals surface area contributed by atoms with Crippen molar-refractivity contribution < 1.29 is 23.9 Å². The smallest absolute Gasteiger partial charge is 0.294 e. The summed E-state index contributed by atoms with van der Waals surface area (Å²) in [5, 5.41) is 7.99. The zero-order valence-electron chi connectivity index (χ0n) is 12.6. The summed E-state index contributed by atoms with van der Waals surface area (Å²) >= 11 is 0.726. The van der Waals surface area contributed by atoms with Crippen LogP contribution in [0.25, 0.3) is 6.08 Å². The molecule has 1 saturated heterocycles. The van der Waals surface area contributed by atoms with Gasteiger partial charge in [-0.2, -0.15) is 5.26 Å². The van der Waals surface area contributed by atoms with Crippen molar-refractivity contribution in [3.05, 3.63) is 28.7 Å². The second-order valence-corrected chi connectivity index (χ2v) is 5.58. The molecule has 1 fully saturated rings. The van der Waals surface area contributed by atoms with Gasteiger partial charge in [0, 0.05) is 0 Å². The molecule has 0 aliphatic carbocycles. The zero-order valence-corrected chi connectivity index (χ0v) is 13.5. The number of nitriles is 1. The molecule has 0 aromatic heterocycles. The number of amides is 3. The molecule has 124 valence electrons. The summed E-state index contributed by atoms with van der Waals surface area (Å²) in [6.45, 7) is -0.575. The molecule has 0 spiro atoms. The minimum absolute atomic E-state index is 0.123. The highest BCUT2D eigenvalue weighted by Gasteiger charge is 2.35. The maximum absolute atomic E-state index is 12.1. The fourth-order valence-corrected chi connectivity index (χ4v) is 2.79. The van der Waals surface area contributed by atoms with Gasteiger partial charge in [0.05, 0.1) is 12.0 Å². The number of imide groups is 1. The molecule has 0 atom stereocenters. The van der Waals surface area contributed by atoms with E-state index in [9.17, 15) is 14.4 Å². The van der Waals surface area contributed by atoms with E-state index in [-0.39, 0.29) is 11.5 Å². The maximum atomic E-state index is 12.1. The lowest BCUT2D eigenvalue weighted by Gasteiger charge is -2.09. The van der Waals surface area contributed by atoms with Crippen LogP contribution in [-0.2, 0) is 9.59 Å². The third-order valence-electron chi connectivity index (χ3n) is 2.97. The quantitative estimate of drug-likeness (QED) is 0.765. The Balaban J connectivity index is 2.25. The van der Waals surface area contributed by atoms with Gasteiger partial charge in [-0.15, -0.1) is 0 Å². The molecule has 0 bridgehead atoms. The van der Waals surface area contributed by atoms with Crippen molar-refractivity contribution in [3.63, 3.8) is 0 Å². The summed E-state index contributed by atoms with van der Waals surface area (Å²) in [7, 11) is 1.44. The van der Waals surface area contributed by atoms with Crippen molar-refractivity contribution in [2.24, 2.45) is 5.73 Å². The average Bonchev–Trinajstić information content (AvgIpc) is 2.80. The lowest BCUT2D eigenvalue weighted by Crippen LogP contribution is -2.36. The number of thioether (sulfide) groups is 1. The van der Waals surface area contributed by atoms with Gasteiger partial charge in [0.25, 0.3) is 11.1 Å². The Kier molecular flexibility index (Phi) is 5.44. The summed E-state index contributed by atoms with van der Waals surface area (Å²) < 4.78 is 10.4. The van der Waals surface area contributed by atoms with Crippen molar-refractivity contribution in [1.82, 2.24) is 4.90 Å². The fraction of sp³-hybridized carbons (Fsp3) is 0.200. The van der Waals surface area contributed by atoms with Gasteiger partial charge < -0.3 is 15.2 Å². The molecule has 0 unspecified atom stereocenters. The van der Waals surface area contributed by atoms with Crippen LogP contribution >= 0.6 is 11.8 Å². The number of hydrogen-bond donors (Lipinski definition) is 1. The van der Waals surface area contributed by atoms with Crippen LogP contribution in [0.1, 0.15) is 5.56 Å². The van der Waals surface area contributed by atoms with E-state index in [2.05, 4.69) is 0 Å². The van der Waals surface area contributed by atoms with E-state index in [0.29, 0.717) is 17.1 Å². The predicted molar refractivity (Wildman–Crippen MR) is 86.0 cm³/mol. The number of carbonyl (C=O) groups is 3. The number of carbonyl (C=O) groups excluding carboxylic acids is 3. The number of rotatable bonds is 6. The Morgan fingerprint density at radius 1 is 1.42 bits per heavy atom. The Hall–Kier alpha value is -2.99. The van der Waals surface area contributed by atoms with Crippen molar-refractivity contribution in [1.29, 1.82) is 5.26 Å². The van der Waals surface area contributed by atoms with Gasteiger partial charge in [-0.3, -0.25) is 19.3 Å². The standard InChI is InChI=1S/C15H13N3O5S/c1-22-11-6-9(2-3-10(11)23-5-4-16)7-12-14(20)18(8-13(17)19)15(21)24-12/h2-3,6-7H,5,8H2,1H3,(H2,17,19)/b12-7-. The van der Waals surface area contributed by atoms with Crippen molar-refractivity contribution >= 4 is 34.9 Å². The van der Waals surface area contributed by atoms with Gasteiger partial charge in [-0.25, -0.2) is 0 Å². The zero-order chi connectivity index (χ0) is 17.7. The second kappa shape index (κ2) is 7.52. The van der Waals surface area contributed by atoms with Crippen LogP contribution in [0.2, 0.25) is 0 Å². The number of nitrogens with zero attached hydrogens (tertiary/aromatic N) is 2. The summed E-state index contributed by atoms with van der Waals surface area (Å²) in [4.78, 5) is 35.8. The van der Waals surface area contributed by atoms with Gasteiger partial charge in [0.2, 0.25) is 5.91 Å². The first kappa shape index (κ1) is 17.4. The monoisotopic (exact) mass is 347 g/mol. The van der Waals surface area contributed by atoms with E-state index >= 15 is 0 Å². The van der Waals surface area contributed by atoms with Crippen molar-refractivity contribution in [2.45, 2.75) is 0 Å². The Bertz CT molecular complexity index is 769. The molecule has 0 saturated carbocycles. The van der Waals surface area contributed by atoms with Crippen LogP contribution in [0, 0.1) is 11.3 Å². The molecule has 1 aromatic carbocycles. The second-order valence-electron chi connectivity index (χ2n) is 4.59. The van der Waals surface area contributed by atoms with Crippen LogP contribution in [-0.4, -0.2) is 42.2 Å². The van der Waals surface area contributed by atoms with Gasteiger partial charge in [0.1, 0.15) is 12.6 Å². The summed E-state index contributed by atoms with van der Waals surface area (Å²) in [5.74, 6) is -0.569. The largest absolute Gasteiger partial charge is 0.493 e. The molecular weight excluding hydrogens is 334 g/mol. The Labute approximate surface area is 141 Å². The Morgan fingerprint density at radius 3 is 2.79 bits per heavy atom. The minimum Gasteiger partial charge on any atom is -0.493 e. The first-order valence-corrected chi connectivity index (χ1v) is 7.49. The molecule has 1 heterocycles. The molecule has 9 heteroatoms. The molecule has 2 N–H and O–H groups in total. The number of methoxy groups -OCH3 is 1. The van der Waals surface area contributed by atoms with E-state index in [1.54, 1.807) is 18.2 Å². The normalized spacial score (nSPS) is 15.5. The molecular formula is C15H13N3O5S. The predicted octanol–water partition coefficient (Wildman–Crippen LogP) is 1.12. The minimum atomic E-state index is -0.765. The highest BCUT2D eigenvalue weighted by molar-refractivity contribution is 8.18. The van der Waals surface area contributed by atoms with Crippen LogP contribution in [0.5, 0.6) is 11.5 Å². The molecule has 3 amide bonds. The molecule has 1 aliphatic heterocycles. The molecule has 2 rings (SSSR count). The van der Waals surface area contributed by atoms with E-state index in [1.807, 2.05) is 6.07 Å². The summed E-state index contributed by atoms with van der Waals surface area (Å²) in [5.41, 5.74) is 5.62. The van der Waals surface area contributed by atoms with E-state index in [4.69, 9.17) is 20.5 Å². The number of hydrogen-bond acceptors (Lipinski definition) is 7. The number of nitrogens with two attached hydrogens (primary N) is 1. The fourth-order valence-electron chi connectivity index (χ4n) is 1.95. The molecule has 8 nitrogen and oxygen atoms in total. The molecule has 24 heavy (non-hydrogen) atoms.